The molecule has 122 valence electrons. The van der Waals surface area contributed by atoms with Crippen molar-refractivity contribution >= 4 is 57.3 Å². The van der Waals surface area contributed by atoms with Crippen molar-refractivity contribution in [3.63, 3.8) is 0 Å². The minimum Gasteiger partial charge on any atom is -0.301 e. The molecule has 0 atom stereocenters. The minimum atomic E-state index is -0.147. The van der Waals surface area contributed by atoms with Gasteiger partial charge in [-0.25, -0.2) is 4.98 Å². The number of halogens is 2. The van der Waals surface area contributed by atoms with Gasteiger partial charge in [-0.1, -0.05) is 23.2 Å². The van der Waals surface area contributed by atoms with E-state index in [4.69, 9.17) is 23.2 Å². The van der Waals surface area contributed by atoms with E-state index in [-0.39, 0.29) is 11.7 Å². The Bertz CT molecular complexity index is 856. The Hall–Kier alpha value is -1.60. The molecule has 3 rings (SSSR count). The highest BCUT2D eigenvalue weighted by Gasteiger charge is 2.10. The number of rotatable bonds is 5. The fraction of sp³-hybridized carbons (Fsp3) is 0.0625. The molecule has 1 aromatic carbocycles. The SMILES string of the molecule is O=C(CSc1cc(Cl)ccc1Cl)Nc1nc(-c2ccncc2)cs1. The number of nitrogens with one attached hydrogen (secondary N) is 1. The van der Waals surface area contributed by atoms with Gasteiger partial charge in [0.25, 0.3) is 0 Å². The molecular formula is C16H11Cl2N3OS2. The van der Waals surface area contributed by atoms with Gasteiger partial charge < -0.3 is 5.32 Å². The molecule has 1 amide bonds. The third kappa shape index (κ3) is 4.48. The Morgan fingerprint density at radius 2 is 2.00 bits per heavy atom. The summed E-state index contributed by atoms with van der Waals surface area (Å²) in [5.41, 5.74) is 1.77. The highest BCUT2D eigenvalue weighted by atomic mass is 35.5. The lowest BCUT2D eigenvalue weighted by Gasteiger charge is -2.04. The summed E-state index contributed by atoms with van der Waals surface area (Å²) >= 11 is 14.7. The van der Waals surface area contributed by atoms with Crippen LogP contribution in [0.3, 0.4) is 0 Å². The lowest BCUT2D eigenvalue weighted by atomic mass is 10.2. The Kier molecular flexibility index (Phi) is 5.73. The van der Waals surface area contributed by atoms with Gasteiger partial charge >= 0.3 is 0 Å². The lowest BCUT2D eigenvalue weighted by Crippen LogP contribution is -2.13. The molecule has 0 saturated carbocycles. The van der Waals surface area contributed by atoms with Crippen LogP contribution in [0.4, 0.5) is 5.13 Å². The van der Waals surface area contributed by atoms with E-state index in [9.17, 15) is 4.79 Å². The van der Waals surface area contributed by atoms with Crippen LogP contribution >= 0.6 is 46.3 Å². The minimum absolute atomic E-state index is 0.147. The number of carbonyl (C=O) groups is 1. The molecule has 0 saturated heterocycles. The quantitative estimate of drug-likeness (QED) is 0.599. The zero-order valence-electron chi connectivity index (χ0n) is 12.2. The number of hydrogen-bond donors (Lipinski definition) is 1. The van der Waals surface area contributed by atoms with Gasteiger partial charge in [-0.3, -0.25) is 9.78 Å². The van der Waals surface area contributed by atoms with Crippen LogP contribution < -0.4 is 5.32 Å². The zero-order valence-corrected chi connectivity index (χ0v) is 15.3. The molecule has 0 unspecified atom stereocenters. The van der Waals surface area contributed by atoms with Crippen molar-refractivity contribution in [2.24, 2.45) is 0 Å². The average molecular weight is 396 g/mol. The van der Waals surface area contributed by atoms with Crippen molar-refractivity contribution in [1.82, 2.24) is 9.97 Å². The summed E-state index contributed by atoms with van der Waals surface area (Å²) in [6, 6.07) is 8.91. The fourth-order valence-electron chi connectivity index (χ4n) is 1.87. The standard InChI is InChI=1S/C16H11Cl2N3OS2/c17-11-1-2-12(18)14(7-11)23-9-15(22)21-16-20-13(8-24-16)10-3-5-19-6-4-10/h1-8H,9H2,(H,20,21,22). The highest BCUT2D eigenvalue weighted by Crippen LogP contribution is 2.30. The van der Waals surface area contributed by atoms with E-state index in [0.717, 1.165) is 16.2 Å². The number of aromatic nitrogens is 2. The molecule has 1 N–H and O–H groups in total. The Morgan fingerprint density at radius 1 is 1.21 bits per heavy atom. The second kappa shape index (κ2) is 7.98. The van der Waals surface area contributed by atoms with Gasteiger partial charge in [0.15, 0.2) is 5.13 Å². The van der Waals surface area contributed by atoms with Crippen LogP contribution in [0, 0.1) is 0 Å². The fourth-order valence-corrected chi connectivity index (χ4v) is 3.90. The number of benzene rings is 1. The zero-order chi connectivity index (χ0) is 16.9. The second-order valence-electron chi connectivity index (χ2n) is 4.69. The summed E-state index contributed by atoms with van der Waals surface area (Å²) in [6.07, 6.45) is 3.41. The van der Waals surface area contributed by atoms with Crippen molar-refractivity contribution < 1.29 is 4.79 Å². The van der Waals surface area contributed by atoms with Gasteiger partial charge in [0.1, 0.15) is 0 Å². The molecule has 0 fully saturated rings. The number of hydrogen-bond acceptors (Lipinski definition) is 5. The summed E-state index contributed by atoms with van der Waals surface area (Å²) in [5.74, 6) is 0.0798. The number of amides is 1. The van der Waals surface area contributed by atoms with Gasteiger partial charge in [0.05, 0.1) is 16.5 Å². The third-order valence-electron chi connectivity index (χ3n) is 2.98. The van der Waals surface area contributed by atoms with Gasteiger partial charge in [-0.15, -0.1) is 23.1 Å². The maximum absolute atomic E-state index is 12.1. The lowest BCUT2D eigenvalue weighted by molar-refractivity contribution is -0.113. The van der Waals surface area contributed by atoms with Gasteiger partial charge in [-0.05, 0) is 30.3 Å². The number of thioether (sulfide) groups is 1. The van der Waals surface area contributed by atoms with Crippen LogP contribution in [0.25, 0.3) is 11.3 Å². The normalized spacial score (nSPS) is 10.6. The molecule has 0 spiro atoms. The molecule has 8 heteroatoms. The van der Waals surface area contributed by atoms with Crippen molar-refractivity contribution in [2.75, 3.05) is 11.1 Å². The van der Waals surface area contributed by atoms with Gasteiger partial charge in [0, 0.05) is 33.3 Å². The van der Waals surface area contributed by atoms with E-state index in [1.807, 2.05) is 17.5 Å². The summed E-state index contributed by atoms with van der Waals surface area (Å²) in [4.78, 5) is 21.2. The van der Waals surface area contributed by atoms with Crippen LogP contribution in [0.15, 0.2) is 53.0 Å². The first-order valence-corrected chi connectivity index (χ1v) is 9.47. The number of nitrogens with zero attached hydrogens (tertiary/aromatic N) is 2. The smallest absolute Gasteiger partial charge is 0.236 e. The molecule has 0 aliphatic heterocycles. The van der Waals surface area contributed by atoms with Crippen molar-refractivity contribution in [3.05, 3.63) is 58.2 Å². The van der Waals surface area contributed by atoms with E-state index in [2.05, 4.69) is 15.3 Å². The predicted octanol–water partition coefficient (Wildman–Crippen LogP) is 5.24. The van der Waals surface area contributed by atoms with Crippen molar-refractivity contribution in [2.45, 2.75) is 4.90 Å². The van der Waals surface area contributed by atoms with Crippen molar-refractivity contribution in [1.29, 1.82) is 0 Å². The second-order valence-corrected chi connectivity index (χ2v) is 7.40. The molecule has 2 aromatic heterocycles. The van der Waals surface area contributed by atoms with Gasteiger partial charge in [-0.2, -0.15) is 0 Å². The Balaban J connectivity index is 1.59. The largest absolute Gasteiger partial charge is 0.301 e. The number of pyridine rings is 1. The number of anilines is 1. The van der Waals surface area contributed by atoms with E-state index in [0.29, 0.717) is 15.2 Å². The maximum atomic E-state index is 12.1. The summed E-state index contributed by atoms with van der Waals surface area (Å²) in [5, 5.41) is 6.41. The summed E-state index contributed by atoms with van der Waals surface area (Å²) < 4.78 is 0. The van der Waals surface area contributed by atoms with Crippen LogP contribution in [-0.4, -0.2) is 21.6 Å². The van der Waals surface area contributed by atoms with Gasteiger partial charge in [0.2, 0.25) is 5.91 Å². The first kappa shape index (κ1) is 17.2. The van der Waals surface area contributed by atoms with Crippen LogP contribution in [0.5, 0.6) is 0 Å². The molecule has 0 bridgehead atoms. The molecule has 4 nitrogen and oxygen atoms in total. The third-order valence-corrected chi connectivity index (χ3v) is 5.47. The molecule has 24 heavy (non-hydrogen) atoms. The number of thiazole rings is 1. The Morgan fingerprint density at radius 3 is 2.79 bits per heavy atom. The van der Waals surface area contributed by atoms with Crippen molar-refractivity contribution in [3.8, 4) is 11.3 Å². The highest BCUT2D eigenvalue weighted by molar-refractivity contribution is 8.00. The van der Waals surface area contributed by atoms with E-state index >= 15 is 0 Å². The maximum Gasteiger partial charge on any atom is 0.236 e. The number of carbonyl (C=O) groups excluding carboxylic acids is 1. The van der Waals surface area contributed by atoms with E-state index < -0.39 is 0 Å². The summed E-state index contributed by atoms with van der Waals surface area (Å²) in [6.45, 7) is 0. The average Bonchev–Trinajstić information content (AvgIpc) is 3.05. The first-order valence-electron chi connectivity index (χ1n) is 6.85. The monoisotopic (exact) mass is 395 g/mol. The molecule has 0 radical (unpaired) electrons. The molecular weight excluding hydrogens is 385 g/mol. The Labute approximate surface area is 157 Å². The van der Waals surface area contributed by atoms with Crippen LogP contribution in [0.1, 0.15) is 0 Å². The summed E-state index contributed by atoms with van der Waals surface area (Å²) in [7, 11) is 0. The molecule has 2 heterocycles. The van der Waals surface area contributed by atoms with E-state index in [1.165, 1.54) is 23.1 Å². The molecule has 0 aliphatic rings. The van der Waals surface area contributed by atoms with Crippen LogP contribution in [-0.2, 0) is 4.79 Å². The molecule has 0 aliphatic carbocycles. The topological polar surface area (TPSA) is 54.9 Å². The first-order chi connectivity index (χ1) is 11.6. The van der Waals surface area contributed by atoms with Crippen LogP contribution in [0.2, 0.25) is 10.0 Å². The molecule has 3 aromatic rings. The van der Waals surface area contributed by atoms with E-state index in [1.54, 1.807) is 30.6 Å². The predicted molar refractivity (Wildman–Crippen MR) is 101 cm³/mol.